The average molecular weight is 530 g/mol. The van der Waals surface area contributed by atoms with Gasteiger partial charge in [0, 0.05) is 30.2 Å². The third-order valence-electron chi connectivity index (χ3n) is 7.53. The van der Waals surface area contributed by atoms with E-state index in [2.05, 4.69) is 17.0 Å². The van der Waals surface area contributed by atoms with Crippen molar-refractivity contribution in [2.45, 2.75) is 31.2 Å². The Morgan fingerprint density at radius 1 is 1.08 bits per heavy atom. The van der Waals surface area contributed by atoms with E-state index < -0.39 is 21.9 Å². The molecule has 1 amide bonds. The number of amides is 1. The first kappa shape index (κ1) is 23.9. The normalized spacial score (nSPS) is 24.2. The number of carbonyl (C=O) groups is 1. The fourth-order valence-electron chi connectivity index (χ4n) is 5.52. The zero-order chi connectivity index (χ0) is 24.9. The number of nitrogens with zero attached hydrogens (tertiary/aromatic N) is 3. The largest absolute Gasteiger partial charge is 0.487 e. The first-order valence-corrected chi connectivity index (χ1v) is 14.0. The Morgan fingerprint density at radius 2 is 1.86 bits per heavy atom. The number of rotatable bonds is 4. The van der Waals surface area contributed by atoms with E-state index in [0.717, 1.165) is 32.5 Å². The fraction of sp³-hybridized carbons (Fsp3) is 0.423. The molecule has 4 aliphatic heterocycles. The van der Waals surface area contributed by atoms with Crippen molar-refractivity contribution in [3.8, 4) is 5.75 Å². The second-order valence-corrected chi connectivity index (χ2v) is 12.3. The van der Waals surface area contributed by atoms with Crippen LogP contribution in [0.1, 0.15) is 24.0 Å². The Morgan fingerprint density at radius 3 is 2.64 bits per heavy atom. The van der Waals surface area contributed by atoms with Crippen molar-refractivity contribution in [1.82, 2.24) is 14.1 Å². The molecule has 4 heterocycles. The van der Waals surface area contributed by atoms with Crippen molar-refractivity contribution in [1.29, 1.82) is 0 Å². The van der Waals surface area contributed by atoms with Gasteiger partial charge < -0.3 is 14.4 Å². The van der Waals surface area contributed by atoms with Crippen LogP contribution in [0.25, 0.3) is 6.08 Å². The number of fused-ring (bicyclic) bond motifs is 2. The lowest BCUT2D eigenvalue weighted by atomic mass is 9.91. The van der Waals surface area contributed by atoms with Crippen LogP contribution in [0.3, 0.4) is 0 Å². The minimum Gasteiger partial charge on any atom is -0.487 e. The van der Waals surface area contributed by atoms with E-state index in [1.54, 1.807) is 29.2 Å². The van der Waals surface area contributed by atoms with E-state index in [-0.39, 0.29) is 30.5 Å². The molecular formula is C26H28ClN3O5S. The Kier molecular flexibility index (Phi) is 6.08. The van der Waals surface area contributed by atoms with Gasteiger partial charge in [-0.1, -0.05) is 41.9 Å². The lowest BCUT2D eigenvalue weighted by Crippen LogP contribution is -2.56. The summed E-state index contributed by atoms with van der Waals surface area (Å²) >= 11 is 6.01. The molecule has 3 saturated heterocycles. The Balaban J connectivity index is 1.13. The number of piperazine rings is 1. The van der Waals surface area contributed by atoms with Crippen molar-refractivity contribution < 1.29 is 22.7 Å². The summed E-state index contributed by atoms with van der Waals surface area (Å²) in [5.74, 6) is 0.324. The Bertz CT molecular complexity index is 1310. The van der Waals surface area contributed by atoms with E-state index in [4.69, 9.17) is 21.1 Å². The topological polar surface area (TPSA) is 79.4 Å². The lowest BCUT2D eigenvalue weighted by Gasteiger charge is -2.38. The van der Waals surface area contributed by atoms with Gasteiger partial charge in [0.05, 0.1) is 30.1 Å². The minimum atomic E-state index is -3.89. The summed E-state index contributed by atoms with van der Waals surface area (Å²) in [7, 11) is -3.89. The molecule has 1 spiro atoms. The molecule has 1 atom stereocenters. The molecule has 0 N–H and O–H groups in total. The van der Waals surface area contributed by atoms with Gasteiger partial charge in [0.15, 0.2) is 0 Å². The van der Waals surface area contributed by atoms with Gasteiger partial charge in [0.1, 0.15) is 18.6 Å². The van der Waals surface area contributed by atoms with Crippen molar-refractivity contribution in [2.24, 2.45) is 0 Å². The Labute approximate surface area is 216 Å². The summed E-state index contributed by atoms with van der Waals surface area (Å²) in [6.07, 6.45) is 2.65. The number of hydrogen-bond donors (Lipinski definition) is 0. The maximum Gasteiger partial charge on any atom is 0.243 e. The van der Waals surface area contributed by atoms with Gasteiger partial charge in [-0.3, -0.25) is 9.69 Å². The van der Waals surface area contributed by atoms with E-state index in [9.17, 15) is 13.2 Å². The number of likely N-dealkylation sites (tertiary alicyclic amines) is 1. The number of sulfonamides is 1. The number of hydrogen-bond acceptors (Lipinski definition) is 6. The molecule has 0 saturated carbocycles. The number of ether oxygens (including phenoxy) is 2. The van der Waals surface area contributed by atoms with Crippen LogP contribution in [0.4, 0.5) is 0 Å². The van der Waals surface area contributed by atoms with Crippen LogP contribution in [0, 0.1) is 0 Å². The second-order valence-electron chi connectivity index (χ2n) is 9.92. The first-order valence-electron chi connectivity index (χ1n) is 12.2. The zero-order valence-electron chi connectivity index (χ0n) is 19.8. The average Bonchev–Trinajstić information content (AvgIpc) is 3.24. The van der Waals surface area contributed by atoms with Gasteiger partial charge in [-0.05, 0) is 42.7 Å². The molecule has 6 rings (SSSR count). The molecule has 0 bridgehead atoms. The maximum atomic E-state index is 13.5. The summed E-state index contributed by atoms with van der Waals surface area (Å²) in [6.45, 7) is 2.98. The number of halogens is 1. The van der Waals surface area contributed by atoms with E-state index in [1.165, 1.54) is 9.87 Å². The summed E-state index contributed by atoms with van der Waals surface area (Å²) in [5.41, 5.74) is 1.51. The van der Waals surface area contributed by atoms with Gasteiger partial charge in [0.25, 0.3) is 0 Å². The highest BCUT2D eigenvalue weighted by Gasteiger charge is 2.52. The van der Waals surface area contributed by atoms with E-state index >= 15 is 0 Å². The Hall–Kier alpha value is -2.43. The molecule has 2 aromatic rings. The third-order valence-corrected chi connectivity index (χ3v) is 9.62. The molecule has 0 aliphatic carbocycles. The molecule has 0 aromatic heterocycles. The highest BCUT2D eigenvalue weighted by Crippen LogP contribution is 2.39. The molecule has 4 aliphatic rings. The zero-order valence-corrected chi connectivity index (χ0v) is 21.4. The van der Waals surface area contributed by atoms with Crippen LogP contribution >= 0.6 is 11.6 Å². The monoisotopic (exact) mass is 529 g/mol. The molecule has 0 radical (unpaired) electrons. The van der Waals surface area contributed by atoms with Gasteiger partial charge in [-0.2, -0.15) is 4.31 Å². The fourth-order valence-corrected chi connectivity index (χ4v) is 7.10. The highest BCUT2D eigenvalue weighted by atomic mass is 35.5. The van der Waals surface area contributed by atoms with Crippen molar-refractivity contribution in [2.75, 3.05) is 39.3 Å². The highest BCUT2D eigenvalue weighted by molar-refractivity contribution is 7.93. The van der Waals surface area contributed by atoms with Crippen molar-refractivity contribution in [3.05, 3.63) is 69.6 Å². The minimum absolute atomic E-state index is 0.100. The van der Waals surface area contributed by atoms with Gasteiger partial charge in [0.2, 0.25) is 15.9 Å². The van der Waals surface area contributed by atoms with Crippen LogP contribution in [-0.4, -0.2) is 79.6 Å². The molecule has 2 aromatic carbocycles. The summed E-state index contributed by atoms with van der Waals surface area (Å²) in [6, 6.07) is 15.5. The number of piperidine rings is 1. The quantitative estimate of drug-likeness (QED) is 0.606. The maximum absolute atomic E-state index is 13.5. The standard InChI is InChI=1S/C26H28ClN3O5S/c27-21-7-6-20-12-22(17-34-23(20)13-21)36(32,33)29-15-24(31)30-18-26(35-25(30)16-29)8-10-28(11-9-26)14-19-4-2-1-3-5-19/h1-7,12-13,25H,8-11,14-18H2. The summed E-state index contributed by atoms with van der Waals surface area (Å²) < 4.78 is 40.3. The van der Waals surface area contributed by atoms with Crippen LogP contribution in [0.2, 0.25) is 5.02 Å². The van der Waals surface area contributed by atoms with Gasteiger partial charge >= 0.3 is 0 Å². The predicted octanol–water partition coefficient (Wildman–Crippen LogP) is 2.94. The van der Waals surface area contributed by atoms with Crippen LogP contribution < -0.4 is 4.74 Å². The van der Waals surface area contributed by atoms with Gasteiger partial charge in [-0.15, -0.1) is 0 Å². The summed E-state index contributed by atoms with van der Waals surface area (Å²) in [5, 5.41) is 0.522. The molecular weight excluding hydrogens is 502 g/mol. The molecule has 36 heavy (non-hydrogen) atoms. The molecule has 10 heteroatoms. The SMILES string of the molecule is O=C1CN(S(=O)(=O)C2=Cc3ccc(Cl)cc3OC2)CC2OC3(CCN(Cc4ccccc4)CC3)CN12. The van der Waals surface area contributed by atoms with Crippen LogP contribution in [-0.2, 0) is 26.1 Å². The lowest BCUT2D eigenvalue weighted by molar-refractivity contribution is -0.145. The van der Waals surface area contributed by atoms with E-state index in [1.807, 2.05) is 18.2 Å². The molecule has 1 unspecified atom stereocenters. The van der Waals surface area contributed by atoms with Crippen molar-refractivity contribution in [3.63, 3.8) is 0 Å². The molecule has 8 nitrogen and oxygen atoms in total. The molecule has 3 fully saturated rings. The van der Waals surface area contributed by atoms with Gasteiger partial charge in [-0.25, -0.2) is 8.42 Å². The smallest absolute Gasteiger partial charge is 0.243 e. The number of benzene rings is 2. The molecule has 190 valence electrons. The van der Waals surface area contributed by atoms with Crippen molar-refractivity contribution >= 4 is 33.6 Å². The first-order chi connectivity index (χ1) is 17.3. The predicted molar refractivity (Wildman–Crippen MR) is 136 cm³/mol. The number of carbonyl (C=O) groups excluding carboxylic acids is 1. The third kappa shape index (κ3) is 4.43. The van der Waals surface area contributed by atoms with E-state index in [0.29, 0.717) is 22.9 Å². The second kappa shape index (κ2) is 9.15. The van der Waals surface area contributed by atoms with Crippen LogP contribution in [0.15, 0.2) is 53.4 Å². The summed E-state index contributed by atoms with van der Waals surface area (Å²) in [4.78, 5) is 17.3. The van der Waals surface area contributed by atoms with Crippen LogP contribution in [0.5, 0.6) is 5.75 Å².